The highest BCUT2D eigenvalue weighted by Crippen LogP contribution is 2.43. The summed E-state index contributed by atoms with van der Waals surface area (Å²) in [4.78, 5) is 12.0. The molecule has 3 atom stereocenters. The summed E-state index contributed by atoms with van der Waals surface area (Å²) in [6.07, 6.45) is 3.43. The van der Waals surface area contributed by atoms with Crippen molar-refractivity contribution in [1.82, 2.24) is 25.1 Å². The van der Waals surface area contributed by atoms with Crippen LogP contribution < -0.4 is 10.6 Å². The first-order valence-electron chi connectivity index (χ1n) is 9.29. The Morgan fingerprint density at radius 1 is 1.18 bits per heavy atom. The third-order valence-corrected chi connectivity index (χ3v) is 5.04. The summed E-state index contributed by atoms with van der Waals surface area (Å²) in [6.45, 7) is 2.07. The SMILES string of the molecule is CC(Nc1nccc(Nc2cc(C3CC3F)[nH]n2)n1)c1ccc2[nH]ccc2c1. The molecule has 142 valence electrons. The summed E-state index contributed by atoms with van der Waals surface area (Å²) in [5, 5.41) is 14.7. The molecule has 3 heterocycles. The summed E-state index contributed by atoms with van der Waals surface area (Å²) < 4.78 is 13.2. The molecule has 0 spiro atoms. The number of halogens is 1. The number of aromatic amines is 2. The molecule has 3 unspecified atom stereocenters. The summed E-state index contributed by atoms with van der Waals surface area (Å²) in [6, 6.07) is 12.0. The lowest BCUT2D eigenvalue weighted by Crippen LogP contribution is -2.10. The van der Waals surface area contributed by atoms with Crippen molar-refractivity contribution in [3.63, 3.8) is 0 Å². The largest absolute Gasteiger partial charge is 0.361 e. The number of nitrogens with one attached hydrogen (secondary N) is 4. The minimum atomic E-state index is -0.755. The number of rotatable bonds is 6. The second kappa shape index (κ2) is 6.63. The van der Waals surface area contributed by atoms with Gasteiger partial charge in [-0.2, -0.15) is 10.1 Å². The number of benzene rings is 1. The van der Waals surface area contributed by atoms with E-state index in [-0.39, 0.29) is 12.0 Å². The number of fused-ring (bicyclic) bond motifs is 1. The van der Waals surface area contributed by atoms with Gasteiger partial charge in [-0.05, 0) is 48.6 Å². The molecular formula is C20H20FN7. The van der Waals surface area contributed by atoms with Crippen molar-refractivity contribution in [1.29, 1.82) is 0 Å². The highest BCUT2D eigenvalue weighted by Gasteiger charge is 2.40. The van der Waals surface area contributed by atoms with Gasteiger partial charge in [0.15, 0.2) is 5.82 Å². The Labute approximate surface area is 160 Å². The van der Waals surface area contributed by atoms with Gasteiger partial charge in [0.2, 0.25) is 5.95 Å². The first-order chi connectivity index (χ1) is 13.7. The molecule has 1 saturated carbocycles. The molecule has 5 rings (SSSR count). The fourth-order valence-electron chi connectivity index (χ4n) is 3.32. The summed E-state index contributed by atoms with van der Waals surface area (Å²) >= 11 is 0. The van der Waals surface area contributed by atoms with Crippen molar-refractivity contribution in [2.75, 3.05) is 10.6 Å². The molecule has 0 radical (unpaired) electrons. The summed E-state index contributed by atoms with van der Waals surface area (Å²) in [5.41, 5.74) is 3.08. The van der Waals surface area contributed by atoms with Gasteiger partial charge in [-0.25, -0.2) is 9.37 Å². The number of H-pyrrole nitrogens is 2. The van der Waals surface area contributed by atoms with Gasteiger partial charge in [0.1, 0.15) is 12.0 Å². The second-order valence-electron chi connectivity index (χ2n) is 7.15. The Hall–Kier alpha value is -3.42. The first-order valence-corrected chi connectivity index (χ1v) is 9.29. The number of hydrogen-bond acceptors (Lipinski definition) is 5. The molecule has 1 aliphatic rings. The van der Waals surface area contributed by atoms with Crippen molar-refractivity contribution in [3.8, 4) is 0 Å². The van der Waals surface area contributed by atoms with E-state index in [1.165, 1.54) is 5.39 Å². The van der Waals surface area contributed by atoms with Gasteiger partial charge in [0, 0.05) is 35.6 Å². The number of nitrogens with zero attached hydrogens (tertiary/aromatic N) is 3. The maximum atomic E-state index is 13.2. The van der Waals surface area contributed by atoms with Crippen molar-refractivity contribution >= 4 is 28.5 Å². The van der Waals surface area contributed by atoms with Crippen LogP contribution in [0.15, 0.2) is 48.8 Å². The van der Waals surface area contributed by atoms with Crippen molar-refractivity contribution in [2.45, 2.75) is 31.5 Å². The van der Waals surface area contributed by atoms with Crippen molar-refractivity contribution in [2.24, 2.45) is 0 Å². The molecule has 0 amide bonds. The van der Waals surface area contributed by atoms with Gasteiger partial charge in [0.05, 0.1) is 6.04 Å². The maximum Gasteiger partial charge on any atom is 0.225 e. The zero-order chi connectivity index (χ0) is 19.1. The Morgan fingerprint density at radius 3 is 2.93 bits per heavy atom. The van der Waals surface area contributed by atoms with Gasteiger partial charge in [0.25, 0.3) is 0 Å². The smallest absolute Gasteiger partial charge is 0.225 e. The molecule has 4 N–H and O–H groups in total. The molecule has 28 heavy (non-hydrogen) atoms. The minimum Gasteiger partial charge on any atom is -0.361 e. The van der Waals surface area contributed by atoms with E-state index in [0.29, 0.717) is 24.0 Å². The van der Waals surface area contributed by atoms with E-state index in [1.54, 1.807) is 12.3 Å². The van der Waals surface area contributed by atoms with Crippen LogP contribution in [0.25, 0.3) is 10.9 Å². The van der Waals surface area contributed by atoms with Crippen LogP contribution in [0, 0.1) is 0 Å². The standard InChI is InChI=1S/C20H20FN7/c1-11(12-2-3-16-13(8-12)4-6-22-16)24-20-23-7-5-18(26-20)25-19-10-17(27-28-19)14-9-15(14)21/h2-8,10-11,14-15,22H,9H2,1H3,(H3,23,24,25,26,27,28). The van der Waals surface area contributed by atoms with Gasteiger partial charge in [-0.15, -0.1) is 0 Å². The van der Waals surface area contributed by atoms with E-state index in [1.807, 2.05) is 12.3 Å². The molecule has 1 fully saturated rings. The number of anilines is 3. The predicted molar refractivity (Wildman–Crippen MR) is 106 cm³/mol. The maximum absolute atomic E-state index is 13.2. The Bertz CT molecular complexity index is 1120. The van der Waals surface area contributed by atoms with Gasteiger partial charge >= 0.3 is 0 Å². The first kappa shape index (κ1) is 16.7. The number of hydrogen-bond donors (Lipinski definition) is 4. The number of aromatic nitrogens is 5. The van der Waals surface area contributed by atoms with Crippen LogP contribution in [0.3, 0.4) is 0 Å². The highest BCUT2D eigenvalue weighted by molar-refractivity contribution is 5.80. The average molecular weight is 377 g/mol. The van der Waals surface area contributed by atoms with E-state index in [2.05, 4.69) is 67.0 Å². The van der Waals surface area contributed by atoms with Crippen LogP contribution >= 0.6 is 0 Å². The van der Waals surface area contributed by atoms with E-state index >= 15 is 0 Å². The number of alkyl halides is 1. The molecule has 0 saturated heterocycles. The second-order valence-corrected chi connectivity index (χ2v) is 7.15. The zero-order valence-electron chi connectivity index (χ0n) is 15.3. The van der Waals surface area contributed by atoms with Crippen molar-refractivity contribution in [3.05, 3.63) is 60.0 Å². The summed E-state index contributed by atoms with van der Waals surface area (Å²) in [7, 11) is 0. The summed E-state index contributed by atoms with van der Waals surface area (Å²) in [5.74, 6) is 1.71. The van der Waals surface area contributed by atoms with Gasteiger partial charge < -0.3 is 15.6 Å². The highest BCUT2D eigenvalue weighted by atomic mass is 19.1. The van der Waals surface area contributed by atoms with Gasteiger partial charge in [-0.1, -0.05) is 6.07 Å². The Morgan fingerprint density at radius 2 is 2.07 bits per heavy atom. The van der Waals surface area contributed by atoms with Crippen LogP contribution in [0.2, 0.25) is 0 Å². The molecule has 1 aliphatic carbocycles. The van der Waals surface area contributed by atoms with E-state index < -0.39 is 6.17 Å². The van der Waals surface area contributed by atoms with Crippen LogP contribution in [0.4, 0.5) is 22.0 Å². The third-order valence-electron chi connectivity index (χ3n) is 5.04. The van der Waals surface area contributed by atoms with Gasteiger partial charge in [-0.3, -0.25) is 5.10 Å². The monoisotopic (exact) mass is 377 g/mol. The lowest BCUT2D eigenvalue weighted by atomic mass is 10.1. The van der Waals surface area contributed by atoms with Crippen molar-refractivity contribution < 1.29 is 4.39 Å². The average Bonchev–Trinajstić information content (AvgIpc) is 3.09. The lowest BCUT2D eigenvalue weighted by molar-refractivity contribution is 0.466. The molecule has 7 nitrogen and oxygen atoms in total. The van der Waals surface area contributed by atoms with Crippen LogP contribution in [0.5, 0.6) is 0 Å². The van der Waals surface area contributed by atoms with Crippen LogP contribution in [0.1, 0.15) is 36.6 Å². The third kappa shape index (κ3) is 3.28. The fourth-order valence-corrected chi connectivity index (χ4v) is 3.32. The van der Waals surface area contributed by atoms with E-state index in [4.69, 9.17) is 0 Å². The fraction of sp³-hybridized carbons (Fsp3) is 0.250. The van der Waals surface area contributed by atoms with E-state index in [9.17, 15) is 4.39 Å². The zero-order valence-corrected chi connectivity index (χ0v) is 15.3. The molecule has 3 aromatic heterocycles. The normalized spacial score (nSPS) is 19.5. The van der Waals surface area contributed by atoms with E-state index in [0.717, 1.165) is 16.8 Å². The van der Waals surface area contributed by atoms with Crippen LogP contribution in [-0.2, 0) is 0 Å². The molecular weight excluding hydrogens is 357 g/mol. The molecule has 0 aliphatic heterocycles. The predicted octanol–water partition coefficient (Wildman–Crippen LogP) is 4.42. The quantitative estimate of drug-likeness (QED) is 0.399. The lowest BCUT2D eigenvalue weighted by Gasteiger charge is -2.15. The molecule has 4 aromatic rings. The molecule has 8 heteroatoms. The topological polar surface area (TPSA) is 94.3 Å². The molecule has 1 aromatic carbocycles. The Kier molecular flexibility index (Phi) is 3.96. The molecule has 0 bridgehead atoms. The Balaban J connectivity index is 1.29. The van der Waals surface area contributed by atoms with Crippen LogP contribution in [-0.4, -0.2) is 31.3 Å². The minimum absolute atomic E-state index is 0.0443.